The molecule has 0 fully saturated rings. The molecule has 8 heteroatoms. The lowest BCUT2D eigenvalue weighted by Crippen LogP contribution is -2.14. The van der Waals surface area contributed by atoms with Crippen LogP contribution in [0.4, 0.5) is 11.4 Å². The topological polar surface area (TPSA) is 113 Å². The molecule has 0 amide bonds. The Hall–Kier alpha value is -2.92. The SMILES string of the molecule is Cc1ccc([N+](=O)[O-])cc1S(=O)(=O)Nc1ccc(C#N)cc1. The van der Waals surface area contributed by atoms with Crippen molar-refractivity contribution in [3.8, 4) is 6.07 Å². The van der Waals surface area contributed by atoms with Crippen molar-refractivity contribution in [2.45, 2.75) is 11.8 Å². The maximum Gasteiger partial charge on any atom is 0.270 e. The van der Waals surface area contributed by atoms with E-state index in [1.165, 1.54) is 36.4 Å². The van der Waals surface area contributed by atoms with Crippen molar-refractivity contribution < 1.29 is 13.3 Å². The summed E-state index contributed by atoms with van der Waals surface area (Å²) >= 11 is 0. The second kappa shape index (κ2) is 5.83. The molecule has 0 atom stereocenters. The molecule has 0 saturated carbocycles. The second-order valence-electron chi connectivity index (χ2n) is 4.50. The van der Waals surface area contributed by atoms with Crippen molar-refractivity contribution >= 4 is 21.4 Å². The van der Waals surface area contributed by atoms with Gasteiger partial charge in [-0.3, -0.25) is 14.8 Å². The van der Waals surface area contributed by atoms with E-state index in [-0.39, 0.29) is 16.3 Å². The molecule has 112 valence electrons. The third-order valence-corrected chi connectivity index (χ3v) is 4.46. The Bertz CT molecular complexity index is 868. The molecule has 1 N–H and O–H groups in total. The summed E-state index contributed by atoms with van der Waals surface area (Å²) in [4.78, 5) is 9.97. The van der Waals surface area contributed by atoms with Gasteiger partial charge < -0.3 is 0 Å². The van der Waals surface area contributed by atoms with Gasteiger partial charge in [0.15, 0.2) is 0 Å². The highest BCUT2D eigenvalue weighted by molar-refractivity contribution is 7.92. The molecule has 0 aliphatic rings. The molecule has 0 aliphatic carbocycles. The van der Waals surface area contributed by atoms with E-state index in [4.69, 9.17) is 5.26 Å². The Labute approximate surface area is 127 Å². The van der Waals surface area contributed by atoms with E-state index in [1.807, 2.05) is 6.07 Å². The molecule has 0 aliphatic heterocycles. The molecule has 0 saturated heterocycles. The highest BCUT2D eigenvalue weighted by Gasteiger charge is 2.20. The van der Waals surface area contributed by atoms with Gasteiger partial charge in [0, 0.05) is 17.8 Å². The Balaban J connectivity index is 2.39. The van der Waals surface area contributed by atoms with Crippen LogP contribution in [0.5, 0.6) is 0 Å². The minimum atomic E-state index is -3.96. The quantitative estimate of drug-likeness (QED) is 0.687. The van der Waals surface area contributed by atoms with Gasteiger partial charge in [0.1, 0.15) is 0 Å². The molecule has 2 rings (SSSR count). The van der Waals surface area contributed by atoms with Crippen LogP contribution < -0.4 is 4.72 Å². The number of benzene rings is 2. The van der Waals surface area contributed by atoms with Crippen LogP contribution in [0.3, 0.4) is 0 Å². The molecule has 0 unspecified atom stereocenters. The molecular weight excluding hydrogens is 306 g/mol. The highest BCUT2D eigenvalue weighted by Crippen LogP contribution is 2.24. The van der Waals surface area contributed by atoms with Gasteiger partial charge in [-0.25, -0.2) is 8.42 Å². The Morgan fingerprint density at radius 2 is 1.82 bits per heavy atom. The van der Waals surface area contributed by atoms with Crippen LogP contribution >= 0.6 is 0 Å². The lowest BCUT2D eigenvalue weighted by Gasteiger charge is -2.10. The first-order valence-corrected chi connectivity index (χ1v) is 7.60. The van der Waals surface area contributed by atoms with Gasteiger partial charge in [-0.15, -0.1) is 0 Å². The first-order chi connectivity index (χ1) is 10.3. The molecule has 7 nitrogen and oxygen atoms in total. The van der Waals surface area contributed by atoms with Crippen molar-refractivity contribution in [3.63, 3.8) is 0 Å². The van der Waals surface area contributed by atoms with Gasteiger partial charge in [0.05, 0.1) is 21.5 Å². The number of non-ortho nitro benzene ring substituents is 1. The van der Waals surface area contributed by atoms with Crippen LogP contribution in [-0.4, -0.2) is 13.3 Å². The van der Waals surface area contributed by atoms with E-state index in [2.05, 4.69) is 4.72 Å². The highest BCUT2D eigenvalue weighted by atomic mass is 32.2. The maximum absolute atomic E-state index is 12.4. The van der Waals surface area contributed by atoms with Crippen molar-refractivity contribution in [2.24, 2.45) is 0 Å². The summed E-state index contributed by atoms with van der Waals surface area (Å²) in [6.45, 7) is 1.55. The first kappa shape index (κ1) is 15.5. The second-order valence-corrected chi connectivity index (χ2v) is 6.15. The van der Waals surface area contributed by atoms with Crippen LogP contribution in [0.25, 0.3) is 0 Å². The molecule has 0 radical (unpaired) electrons. The zero-order valence-electron chi connectivity index (χ0n) is 11.5. The fourth-order valence-electron chi connectivity index (χ4n) is 1.81. The molecule has 2 aromatic carbocycles. The van der Waals surface area contributed by atoms with E-state index in [1.54, 1.807) is 6.92 Å². The van der Waals surface area contributed by atoms with Crippen molar-refractivity contribution in [3.05, 3.63) is 63.7 Å². The summed E-state index contributed by atoms with van der Waals surface area (Å²) in [5, 5.41) is 19.5. The standard InChI is InChI=1S/C14H11N3O4S/c1-10-2-7-13(17(18)19)8-14(10)22(20,21)16-12-5-3-11(9-15)4-6-12/h2-8,16H,1H3. The third kappa shape index (κ3) is 3.21. The van der Waals surface area contributed by atoms with Crippen molar-refractivity contribution in [2.75, 3.05) is 4.72 Å². The van der Waals surface area contributed by atoms with Gasteiger partial charge in [-0.05, 0) is 36.8 Å². The summed E-state index contributed by atoms with van der Waals surface area (Å²) in [6.07, 6.45) is 0. The molecular formula is C14H11N3O4S. The van der Waals surface area contributed by atoms with E-state index >= 15 is 0 Å². The number of hydrogen-bond acceptors (Lipinski definition) is 5. The fraction of sp³-hybridized carbons (Fsp3) is 0.0714. The maximum atomic E-state index is 12.4. The van der Waals surface area contributed by atoms with Gasteiger partial charge in [0.25, 0.3) is 15.7 Å². The molecule has 0 spiro atoms. The number of anilines is 1. The minimum absolute atomic E-state index is 0.161. The largest absolute Gasteiger partial charge is 0.280 e. The molecule has 0 bridgehead atoms. The number of rotatable bonds is 4. The number of hydrogen-bond donors (Lipinski definition) is 1. The minimum Gasteiger partial charge on any atom is -0.280 e. The Kier molecular flexibility index (Phi) is 4.10. The number of nitrogens with zero attached hydrogens (tertiary/aromatic N) is 2. The third-order valence-electron chi connectivity index (χ3n) is 2.94. The normalized spacial score (nSPS) is 10.7. The molecule has 0 heterocycles. The summed E-state index contributed by atoms with van der Waals surface area (Å²) in [5.41, 5.74) is 0.761. The molecule has 2 aromatic rings. The zero-order chi connectivity index (χ0) is 16.3. The zero-order valence-corrected chi connectivity index (χ0v) is 12.3. The Morgan fingerprint density at radius 1 is 1.18 bits per heavy atom. The average molecular weight is 317 g/mol. The number of nitro benzene ring substituents is 1. The monoisotopic (exact) mass is 317 g/mol. The van der Waals surface area contributed by atoms with Crippen LogP contribution in [0.2, 0.25) is 0 Å². The molecule has 0 aromatic heterocycles. The number of nitro groups is 1. The van der Waals surface area contributed by atoms with Crippen LogP contribution in [0.1, 0.15) is 11.1 Å². The van der Waals surface area contributed by atoms with Gasteiger partial charge >= 0.3 is 0 Å². The van der Waals surface area contributed by atoms with Crippen LogP contribution in [-0.2, 0) is 10.0 Å². The summed E-state index contributed by atoms with van der Waals surface area (Å²) < 4.78 is 27.0. The lowest BCUT2D eigenvalue weighted by molar-refractivity contribution is -0.385. The van der Waals surface area contributed by atoms with Crippen LogP contribution in [0.15, 0.2) is 47.4 Å². The fourth-order valence-corrected chi connectivity index (χ4v) is 3.14. The number of nitriles is 1. The number of nitrogens with one attached hydrogen (secondary N) is 1. The van der Waals surface area contributed by atoms with Gasteiger partial charge in [-0.2, -0.15) is 5.26 Å². The van der Waals surface area contributed by atoms with Crippen LogP contribution in [0, 0.1) is 28.4 Å². The first-order valence-electron chi connectivity index (χ1n) is 6.11. The summed E-state index contributed by atoms with van der Waals surface area (Å²) in [5.74, 6) is 0. The van der Waals surface area contributed by atoms with E-state index in [0.29, 0.717) is 11.1 Å². The van der Waals surface area contributed by atoms with Gasteiger partial charge in [0.2, 0.25) is 0 Å². The number of sulfonamides is 1. The van der Waals surface area contributed by atoms with Crippen molar-refractivity contribution in [1.82, 2.24) is 0 Å². The molecule has 22 heavy (non-hydrogen) atoms. The van der Waals surface area contributed by atoms with E-state index < -0.39 is 14.9 Å². The van der Waals surface area contributed by atoms with Crippen molar-refractivity contribution in [1.29, 1.82) is 5.26 Å². The predicted octanol–water partition coefficient (Wildman–Crippen LogP) is 2.58. The van der Waals surface area contributed by atoms with Gasteiger partial charge in [-0.1, -0.05) is 6.07 Å². The summed E-state index contributed by atoms with van der Waals surface area (Å²) in [7, 11) is -3.96. The van der Waals surface area contributed by atoms with E-state index in [0.717, 1.165) is 6.07 Å². The number of aryl methyl sites for hydroxylation is 1. The predicted molar refractivity (Wildman–Crippen MR) is 79.8 cm³/mol. The summed E-state index contributed by atoms with van der Waals surface area (Å²) in [6, 6.07) is 11.4. The smallest absolute Gasteiger partial charge is 0.270 e. The van der Waals surface area contributed by atoms with E-state index in [9.17, 15) is 18.5 Å². The average Bonchev–Trinajstić information content (AvgIpc) is 2.47. The Morgan fingerprint density at radius 3 is 2.36 bits per heavy atom. The lowest BCUT2D eigenvalue weighted by atomic mass is 10.2.